The topological polar surface area (TPSA) is 96.7 Å². The molecule has 4 aromatic rings. The van der Waals surface area contributed by atoms with E-state index in [1.165, 1.54) is 11.6 Å². The van der Waals surface area contributed by atoms with Crippen molar-refractivity contribution < 1.29 is 13.9 Å². The fourth-order valence-electron chi connectivity index (χ4n) is 4.82. The molecule has 1 saturated heterocycles. The van der Waals surface area contributed by atoms with Crippen LogP contribution in [0.15, 0.2) is 82.1 Å². The molecule has 0 radical (unpaired) electrons. The molecule has 2 aromatic carbocycles. The van der Waals surface area contributed by atoms with Crippen LogP contribution in [0.5, 0.6) is 5.75 Å². The molecule has 2 aromatic heterocycles. The molecule has 1 amide bonds. The third-order valence-corrected chi connectivity index (χ3v) is 6.91. The maximum atomic E-state index is 12.5. The highest BCUT2D eigenvalue weighted by Gasteiger charge is 2.20. The number of pyridine rings is 1. The zero-order valence-corrected chi connectivity index (χ0v) is 21.5. The van der Waals surface area contributed by atoms with Crippen molar-refractivity contribution in [3.63, 3.8) is 0 Å². The van der Waals surface area contributed by atoms with Gasteiger partial charge in [-0.15, -0.1) is 0 Å². The Balaban J connectivity index is 1.11. The number of anilines is 1. The number of nitrogens with zero attached hydrogens (tertiary/aromatic N) is 2. The van der Waals surface area contributed by atoms with Crippen LogP contribution in [0.4, 0.5) is 5.69 Å². The lowest BCUT2D eigenvalue weighted by molar-refractivity contribution is 0.0954. The Morgan fingerprint density at radius 3 is 2.63 bits per heavy atom. The van der Waals surface area contributed by atoms with Crippen molar-refractivity contribution in [1.29, 1.82) is 0 Å². The Kier molecular flexibility index (Phi) is 7.99. The minimum absolute atomic E-state index is 0.0699. The molecule has 5 rings (SSSR count). The molecule has 0 unspecified atom stereocenters. The van der Waals surface area contributed by atoms with Gasteiger partial charge < -0.3 is 19.8 Å². The molecule has 1 aliphatic rings. The molecule has 196 valence electrons. The fourth-order valence-corrected chi connectivity index (χ4v) is 4.82. The number of nitrogens with one attached hydrogen (secondary N) is 2. The number of likely N-dealkylation sites (tertiary alicyclic amines) is 1. The van der Waals surface area contributed by atoms with E-state index in [0.29, 0.717) is 24.1 Å². The van der Waals surface area contributed by atoms with Gasteiger partial charge in [0.25, 0.3) is 5.91 Å². The van der Waals surface area contributed by atoms with E-state index in [1.807, 2.05) is 48.5 Å². The molecular weight excluding hydrogens is 480 g/mol. The quantitative estimate of drug-likeness (QED) is 0.324. The van der Waals surface area contributed by atoms with E-state index in [9.17, 15) is 9.59 Å². The van der Waals surface area contributed by atoms with Crippen LogP contribution in [0.1, 0.15) is 34.5 Å². The average molecular weight is 513 g/mol. The first-order valence-electron chi connectivity index (χ1n) is 13.0. The minimum atomic E-state index is -0.368. The van der Waals surface area contributed by atoms with Crippen LogP contribution in [0, 0.1) is 0 Å². The highest BCUT2D eigenvalue weighted by Crippen LogP contribution is 2.28. The number of carbonyl (C=O) groups excluding carboxylic acids is 1. The summed E-state index contributed by atoms with van der Waals surface area (Å²) in [6, 6.07) is 20.8. The summed E-state index contributed by atoms with van der Waals surface area (Å²) >= 11 is 0. The number of carbonyl (C=O) groups is 1. The zero-order valence-electron chi connectivity index (χ0n) is 21.5. The normalized spacial score (nSPS) is 14.3. The molecule has 0 atom stereocenters. The van der Waals surface area contributed by atoms with Gasteiger partial charge in [-0.3, -0.25) is 14.7 Å². The summed E-state index contributed by atoms with van der Waals surface area (Å²) in [6.07, 6.45) is 4.39. The molecule has 2 N–H and O–H groups in total. The number of rotatable bonds is 9. The second-order valence-electron chi connectivity index (χ2n) is 9.56. The zero-order chi connectivity index (χ0) is 26.3. The van der Waals surface area contributed by atoms with Crippen molar-refractivity contribution in [2.45, 2.75) is 31.8 Å². The lowest BCUT2D eigenvalue weighted by Gasteiger charge is -2.33. The summed E-state index contributed by atoms with van der Waals surface area (Å²) in [6.45, 7) is 3.27. The van der Waals surface area contributed by atoms with Crippen LogP contribution in [0.25, 0.3) is 11.0 Å². The summed E-state index contributed by atoms with van der Waals surface area (Å²) in [5, 5.41) is 7.36. The lowest BCUT2D eigenvalue weighted by atomic mass is 10.0. The highest BCUT2D eigenvalue weighted by molar-refractivity contribution is 5.94. The van der Waals surface area contributed by atoms with Crippen molar-refractivity contribution in [2.75, 3.05) is 32.1 Å². The van der Waals surface area contributed by atoms with Gasteiger partial charge in [0.05, 0.1) is 12.8 Å². The van der Waals surface area contributed by atoms with E-state index in [2.05, 4.69) is 20.5 Å². The van der Waals surface area contributed by atoms with Crippen molar-refractivity contribution in [2.24, 2.45) is 0 Å². The summed E-state index contributed by atoms with van der Waals surface area (Å²) in [4.78, 5) is 31.2. The van der Waals surface area contributed by atoms with E-state index in [0.717, 1.165) is 55.0 Å². The standard InChI is InChI=1S/C30H32N4O4/c1-37-25-9-10-28-26(18-25)27(19-29(35)38-28)33-24-12-16-34(17-13-24)20-21-5-7-22(8-6-21)30(36)32-15-11-23-4-2-3-14-31-23/h2-10,14,18-19,24,33H,11-13,15-17,20H2,1H3,(H,32,36). The number of fused-ring (bicyclic) bond motifs is 1. The van der Waals surface area contributed by atoms with Gasteiger partial charge in [0, 0.05) is 67.5 Å². The van der Waals surface area contributed by atoms with E-state index < -0.39 is 0 Å². The van der Waals surface area contributed by atoms with Gasteiger partial charge in [-0.25, -0.2) is 4.79 Å². The molecule has 0 bridgehead atoms. The molecule has 3 heterocycles. The predicted molar refractivity (Wildman–Crippen MR) is 148 cm³/mol. The summed E-state index contributed by atoms with van der Waals surface area (Å²) in [7, 11) is 1.62. The Morgan fingerprint density at radius 1 is 1.08 bits per heavy atom. The van der Waals surface area contributed by atoms with E-state index in [-0.39, 0.29) is 17.6 Å². The molecule has 38 heavy (non-hydrogen) atoms. The van der Waals surface area contributed by atoms with Crippen molar-refractivity contribution in [3.8, 4) is 5.75 Å². The summed E-state index contributed by atoms with van der Waals surface area (Å²) in [5.74, 6) is 0.650. The maximum Gasteiger partial charge on any atom is 0.338 e. The van der Waals surface area contributed by atoms with Gasteiger partial charge in [-0.1, -0.05) is 18.2 Å². The van der Waals surface area contributed by atoms with E-state index >= 15 is 0 Å². The lowest BCUT2D eigenvalue weighted by Crippen LogP contribution is -2.38. The highest BCUT2D eigenvalue weighted by atomic mass is 16.5. The second-order valence-corrected chi connectivity index (χ2v) is 9.56. The molecule has 8 nitrogen and oxygen atoms in total. The SMILES string of the molecule is COc1ccc2oc(=O)cc(NC3CCN(Cc4ccc(C(=O)NCCc5ccccn5)cc4)CC3)c2c1. The number of ether oxygens (including phenoxy) is 1. The predicted octanol–water partition coefficient (Wildman–Crippen LogP) is 4.25. The smallest absolute Gasteiger partial charge is 0.338 e. The number of benzene rings is 2. The van der Waals surface area contributed by atoms with Crippen LogP contribution in [0.2, 0.25) is 0 Å². The van der Waals surface area contributed by atoms with Gasteiger partial charge in [0.2, 0.25) is 0 Å². The maximum absolute atomic E-state index is 12.5. The second kappa shape index (κ2) is 11.9. The van der Waals surface area contributed by atoms with Crippen LogP contribution in [0.3, 0.4) is 0 Å². The number of methoxy groups -OCH3 is 1. The van der Waals surface area contributed by atoms with Crippen LogP contribution in [-0.4, -0.2) is 48.6 Å². The van der Waals surface area contributed by atoms with Gasteiger partial charge >= 0.3 is 5.63 Å². The summed E-state index contributed by atoms with van der Waals surface area (Å²) < 4.78 is 10.7. The van der Waals surface area contributed by atoms with Crippen LogP contribution in [-0.2, 0) is 13.0 Å². The number of amides is 1. The van der Waals surface area contributed by atoms with Crippen LogP contribution >= 0.6 is 0 Å². The molecule has 8 heteroatoms. The Hall–Kier alpha value is -4.17. The molecular formula is C30H32N4O4. The first kappa shape index (κ1) is 25.5. The van der Waals surface area contributed by atoms with Gasteiger partial charge in [0.1, 0.15) is 11.3 Å². The third kappa shape index (κ3) is 6.39. The van der Waals surface area contributed by atoms with Crippen LogP contribution < -0.4 is 21.0 Å². The molecule has 0 aliphatic carbocycles. The van der Waals surface area contributed by atoms with Crippen molar-refractivity contribution in [1.82, 2.24) is 15.2 Å². The van der Waals surface area contributed by atoms with E-state index in [4.69, 9.17) is 9.15 Å². The van der Waals surface area contributed by atoms with Gasteiger partial charge in [-0.2, -0.15) is 0 Å². The first-order chi connectivity index (χ1) is 18.6. The summed E-state index contributed by atoms with van der Waals surface area (Å²) in [5.41, 5.74) is 3.76. The number of aromatic nitrogens is 1. The Bertz CT molecular complexity index is 1430. The average Bonchev–Trinajstić information content (AvgIpc) is 2.95. The molecule has 0 saturated carbocycles. The first-order valence-corrected chi connectivity index (χ1v) is 13.0. The van der Waals surface area contributed by atoms with Gasteiger partial charge in [-0.05, 0) is 60.9 Å². The number of hydrogen-bond donors (Lipinski definition) is 2. The number of hydrogen-bond acceptors (Lipinski definition) is 7. The molecule has 0 spiro atoms. The Morgan fingerprint density at radius 2 is 1.89 bits per heavy atom. The molecule has 1 aliphatic heterocycles. The van der Waals surface area contributed by atoms with Crippen molar-refractivity contribution >= 4 is 22.6 Å². The van der Waals surface area contributed by atoms with Gasteiger partial charge in [0.15, 0.2) is 0 Å². The molecule has 1 fully saturated rings. The fraction of sp³-hybridized carbons (Fsp3) is 0.300. The Labute approximate surface area is 221 Å². The van der Waals surface area contributed by atoms with E-state index in [1.54, 1.807) is 25.4 Å². The minimum Gasteiger partial charge on any atom is -0.497 e. The third-order valence-electron chi connectivity index (χ3n) is 6.91. The monoisotopic (exact) mass is 512 g/mol. The number of piperidine rings is 1. The largest absolute Gasteiger partial charge is 0.497 e. The van der Waals surface area contributed by atoms with Crippen molar-refractivity contribution in [3.05, 3.63) is 100 Å².